The van der Waals surface area contributed by atoms with Crippen molar-refractivity contribution in [2.75, 3.05) is 13.7 Å². The molecule has 0 unspecified atom stereocenters. The van der Waals surface area contributed by atoms with Crippen LogP contribution in [0.15, 0.2) is 65.8 Å². The van der Waals surface area contributed by atoms with Crippen molar-refractivity contribution < 1.29 is 23.0 Å². The second-order valence-corrected chi connectivity index (χ2v) is 7.63. The molecule has 3 aromatic rings. The van der Waals surface area contributed by atoms with Crippen LogP contribution in [0.25, 0.3) is 0 Å². The highest BCUT2D eigenvalue weighted by Gasteiger charge is 2.42. The predicted octanol–water partition coefficient (Wildman–Crippen LogP) is 5.61. The Morgan fingerprint density at radius 2 is 1.88 bits per heavy atom. The molecule has 2 aliphatic rings. The summed E-state index contributed by atoms with van der Waals surface area (Å²) in [5.41, 5.74) is 3.26. The zero-order chi connectivity index (χ0) is 22.2. The number of halogens is 2. The molecule has 5 rings (SSSR count). The van der Waals surface area contributed by atoms with Gasteiger partial charge < -0.3 is 14.2 Å². The van der Waals surface area contributed by atoms with Gasteiger partial charge in [-0.15, -0.1) is 0 Å². The Kier molecular flexibility index (Phi) is 5.17. The molecule has 0 amide bonds. The van der Waals surface area contributed by atoms with E-state index in [1.165, 1.54) is 6.07 Å². The van der Waals surface area contributed by atoms with Crippen LogP contribution in [-0.4, -0.2) is 24.4 Å². The van der Waals surface area contributed by atoms with Gasteiger partial charge in [-0.25, -0.2) is 13.8 Å². The van der Waals surface area contributed by atoms with Crippen LogP contribution in [-0.2, 0) is 0 Å². The van der Waals surface area contributed by atoms with E-state index in [2.05, 4.69) is 0 Å². The zero-order valence-corrected chi connectivity index (χ0v) is 17.7. The molecule has 0 fully saturated rings. The minimum absolute atomic E-state index is 0.131. The summed E-state index contributed by atoms with van der Waals surface area (Å²) in [7, 11) is 1.58. The van der Waals surface area contributed by atoms with Gasteiger partial charge in [0.2, 0.25) is 6.23 Å². The van der Waals surface area contributed by atoms with Gasteiger partial charge in [-0.05, 0) is 55.0 Å². The second kappa shape index (κ2) is 8.15. The first kappa shape index (κ1) is 20.3. The molecule has 7 heteroatoms. The maximum Gasteiger partial charge on any atom is 0.214 e. The monoisotopic (exact) mass is 436 g/mol. The van der Waals surface area contributed by atoms with E-state index in [-0.39, 0.29) is 6.04 Å². The van der Waals surface area contributed by atoms with Crippen LogP contribution in [0.2, 0.25) is 0 Å². The molecular formula is C25H22F2N2O3. The minimum Gasteiger partial charge on any atom is -0.494 e. The number of ether oxygens (including phenoxy) is 3. The van der Waals surface area contributed by atoms with Crippen LogP contribution in [0.3, 0.4) is 0 Å². The first-order valence-electron chi connectivity index (χ1n) is 10.5. The Labute approximate surface area is 184 Å². The number of para-hydroxylation sites is 1. The summed E-state index contributed by atoms with van der Waals surface area (Å²) >= 11 is 0. The fourth-order valence-corrected chi connectivity index (χ4v) is 4.22. The molecule has 3 aromatic carbocycles. The number of benzene rings is 3. The Bertz CT molecular complexity index is 1180. The van der Waals surface area contributed by atoms with Crippen molar-refractivity contribution in [2.45, 2.75) is 25.6 Å². The van der Waals surface area contributed by atoms with Gasteiger partial charge in [0.05, 0.1) is 25.5 Å². The molecule has 0 saturated carbocycles. The van der Waals surface area contributed by atoms with Gasteiger partial charge in [-0.2, -0.15) is 5.10 Å². The molecule has 164 valence electrons. The van der Waals surface area contributed by atoms with Gasteiger partial charge in [0.15, 0.2) is 23.1 Å². The van der Waals surface area contributed by atoms with E-state index in [1.807, 2.05) is 54.4 Å². The quantitative estimate of drug-likeness (QED) is 0.521. The average Bonchev–Trinajstić information content (AvgIpc) is 3.26. The van der Waals surface area contributed by atoms with Crippen molar-refractivity contribution in [3.05, 3.63) is 89.0 Å². The van der Waals surface area contributed by atoms with Crippen molar-refractivity contribution in [3.8, 4) is 17.2 Å². The SMILES string of the molecule is CCOc1ccc(C2=NN3[C@H](C2)c2cccc(OC)c2O[C@@H]3c2ccc(F)c(F)c2)cc1. The fraction of sp³-hybridized carbons (Fsp3) is 0.240. The Hall–Kier alpha value is -3.61. The van der Waals surface area contributed by atoms with Gasteiger partial charge in [0.25, 0.3) is 0 Å². The summed E-state index contributed by atoms with van der Waals surface area (Å²) in [5.74, 6) is 0.145. The topological polar surface area (TPSA) is 43.3 Å². The molecule has 0 saturated heterocycles. The normalized spacial score (nSPS) is 19.0. The zero-order valence-electron chi connectivity index (χ0n) is 17.7. The third-order valence-electron chi connectivity index (χ3n) is 5.73. The van der Waals surface area contributed by atoms with Gasteiger partial charge >= 0.3 is 0 Å². The van der Waals surface area contributed by atoms with E-state index in [4.69, 9.17) is 19.3 Å². The van der Waals surface area contributed by atoms with Crippen molar-refractivity contribution in [1.29, 1.82) is 0 Å². The number of rotatable bonds is 5. The third-order valence-corrected chi connectivity index (χ3v) is 5.73. The van der Waals surface area contributed by atoms with E-state index in [0.717, 1.165) is 34.7 Å². The molecular weight excluding hydrogens is 414 g/mol. The first-order chi connectivity index (χ1) is 15.6. The Balaban J connectivity index is 1.57. The highest BCUT2D eigenvalue weighted by atomic mass is 19.2. The van der Waals surface area contributed by atoms with E-state index in [1.54, 1.807) is 7.11 Å². The number of nitrogens with zero attached hydrogens (tertiary/aromatic N) is 2. The summed E-state index contributed by atoms with van der Waals surface area (Å²) in [5, 5.41) is 6.67. The molecule has 2 aliphatic heterocycles. The second-order valence-electron chi connectivity index (χ2n) is 7.63. The Morgan fingerprint density at radius 3 is 2.59 bits per heavy atom. The lowest BCUT2D eigenvalue weighted by molar-refractivity contribution is -0.0211. The number of hydrogen-bond acceptors (Lipinski definition) is 5. The molecule has 0 N–H and O–H groups in total. The first-order valence-corrected chi connectivity index (χ1v) is 10.5. The lowest BCUT2D eigenvalue weighted by atomic mass is 9.95. The van der Waals surface area contributed by atoms with Crippen molar-refractivity contribution in [3.63, 3.8) is 0 Å². The van der Waals surface area contributed by atoms with E-state index < -0.39 is 17.9 Å². The predicted molar refractivity (Wildman–Crippen MR) is 116 cm³/mol. The van der Waals surface area contributed by atoms with E-state index in [9.17, 15) is 8.78 Å². The summed E-state index contributed by atoms with van der Waals surface area (Å²) in [6.07, 6.45) is -0.0865. The van der Waals surface area contributed by atoms with Crippen LogP contribution in [0.5, 0.6) is 17.2 Å². The standard InChI is InChI=1S/C25H22F2N2O3/c1-3-31-17-10-7-15(8-11-17)21-14-22-18-5-4-6-23(30-2)24(18)32-25(29(22)28-21)16-9-12-19(26)20(27)13-16/h4-13,22,25H,3,14H2,1-2H3/t22-,25-/m1/s1. The van der Waals surface area contributed by atoms with Crippen molar-refractivity contribution in [1.82, 2.24) is 5.01 Å². The largest absolute Gasteiger partial charge is 0.494 e. The smallest absolute Gasteiger partial charge is 0.214 e. The van der Waals surface area contributed by atoms with E-state index in [0.29, 0.717) is 30.1 Å². The third kappa shape index (κ3) is 3.43. The number of methoxy groups -OCH3 is 1. The Morgan fingerprint density at radius 1 is 1.06 bits per heavy atom. The molecule has 32 heavy (non-hydrogen) atoms. The van der Waals surface area contributed by atoms with Gasteiger partial charge in [0, 0.05) is 17.5 Å². The van der Waals surface area contributed by atoms with Crippen LogP contribution in [0.4, 0.5) is 8.78 Å². The molecule has 0 aliphatic carbocycles. The van der Waals surface area contributed by atoms with Gasteiger partial charge in [0.1, 0.15) is 5.75 Å². The highest BCUT2D eigenvalue weighted by Crippen LogP contribution is 2.50. The number of hydrogen-bond donors (Lipinski definition) is 0. The molecule has 5 nitrogen and oxygen atoms in total. The molecule has 0 radical (unpaired) electrons. The maximum atomic E-state index is 14.0. The van der Waals surface area contributed by atoms with Gasteiger partial charge in [-0.1, -0.05) is 18.2 Å². The number of fused-ring (bicyclic) bond motifs is 3. The summed E-state index contributed by atoms with van der Waals surface area (Å²) < 4.78 is 44.9. The van der Waals surface area contributed by atoms with Crippen molar-refractivity contribution in [2.24, 2.45) is 5.10 Å². The van der Waals surface area contributed by atoms with Crippen LogP contribution in [0, 0.1) is 11.6 Å². The molecule has 0 aromatic heterocycles. The molecule has 0 spiro atoms. The lowest BCUT2D eigenvalue weighted by Gasteiger charge is -2.38. The van der Waals surface area contributed by atoms with Gasteiger partial charge in [-0.3, -0.25) is 0 Å². The molecule has 2 heterocycles. The molecule has 0 bridgehead atoms. The average molecular weight is 436 g/mol. The van der Waals surface area contributed by atoms with Crippen LogP contribution < -0.4 is 14.2 Å². The van der Waals surface area contributed by atoms with Crippen LogP contribution in [0.1, 0.15) is 42.3 Å². The van der Waals surface area contributed by atoms with Crippen LogP contribution >= 0.6 is 0 Å². The summed E-state index contributed by atoms with van der Waals surface area (Å²) in [6, 6.07) is 17.1. The van der Waals surface area contributed by atoms with E-state index >= 15 is 0 Å². The number of hydrazone groups is 1. The fourth-order valence-electron chi connectivity index (χ4n) is 4.22. The highest BCUT2D eigenvalue weighted by molar-refractivity contribution is 6.02. The summed E-state index contributed by atoms with van der Waals surface area (Å²) in [6.45, 7) is 2.54. The minimum atomic E-state index is -0.927. The maximum absolute atomic E-state index is 14.0. The van der Waals surface area contributed by atoms with Crippen molar-refractivity contribution >= 4 is 5.71 Å². The summed E-state index contributed by atoms with van der Waals surface area (Å²) in [4.78, 5) is 0. The molecule has 2 atom stereocenters. The lowest BCUT2D eigenvalue weighted by Crippen LogP contribution is -2.34.